The predicted molar refractivity (Wildman–Crippen MR) is 60.6 cm³/mol. The Morgan fingerprint density at radius 3 is 2.72 bits per heavy atom. The lowest BCUT2D eigenvalue weighted by molar-refractivity contribution is -0.215. The summed E-state index contributed by atoms with van der Waals surface area (Å²) in [6, 6.07) is 0. The Balaban J connectivity index is 1.82. The number of aliphatic hydroxyl groups is 1. The molecule has 0 amide bonds. The van der Waals surface area contributed by atoms with Crippen molar-refractivity contribution in [3.05, 3.63) is 0 Å². The van der Waals surface area contributed by atoms with Gasteiger partial charge in [0, 0.05) is 6.42 Å². The van der Waals surface area contributed by atoms with Crippen molar-refractivity contribution in [2.45, 2.75) is 64.0 Å². The zero-order valence-corrected chi connectivity index (χ0v) is 10.9. The molecule has 0 spiro atoms. The van der Waals surface area contributed by atoms with Crippen LogP contribution in [0.1, 0.15) is 33.6 Å². The lowest BCUT2D eigenvalue weighted by Crippen LogP contribution is -2.34. The van der Waals surface area contributed by atoms with E-state index in [9.17, 15) is 9.90 Å². The second-order valence-corrected chi connectivity index (χ2v) is 4.98. The zero-order chi connectivity index (χ0) is 13.3. The summed E-state index contributed by atoms with van der Waals surface area (Å²) < 4.78 is 21.4. The van der Waals surface area contributed by atoms with Gasteiger partial charge in [-0.15, -0.1) is 0 Å². The number of hydrogen-bond donors (Lipinski definition) is 1. The molecule has 2 saturated heterocycles. The maximum absolute atomic E-state index is 11.2. The van der Waals surface area contributed by atoms with Crippen molar-refractivity contribution < 1.29 is 28.8 Å². The highest BCUT2D eigenvalue weighted by Crippen LogP contribution is 2.38. The molecular formula is C12H20O6. The smallest absolute Gasteiger partial charge is 0.305 e. The van der Waals surface area contributed by atoms with Crippen molar-refractivity contribution in [1.82, 2.24) is 0 Å². The van der Waals surface area contributed by atoms with Gasteiger partial charge in [0.15, 0.2) is 12.1 Å². The molecule has 1 N–H and O–H groups in total. The summed E-state index contributed by atoms with van der Waals surface area (Å²) >= 11 is 0. The summed E-state index contributed by atoms with van der Waals surface area (Å²) in [5.74, 6) is -1.02. The molecule has 2 fully saturated rings. The molecule has 0 saturated carbocycles. The Morgan fingerprint density at radius 1 is 1.39 bits per heavy atom. The molecule has 6 heteroatoms. The van der Waals surface area contributed by atoms with Gasteiger partial charge in [0.05, 0.1) is 12.7 Å². The minimum atomic E-state index is -0.772. The van der Waals surface area contributed by atoms with Gasteiger partial charge in [-0.05, 0) is 27.2 Å². The van der Waals surface area contributed by atoms with Crippen LogP contribution in [-0.2, 0) is 23.7 Å². The number of carbonyl (C=O) groups is 1. The second kappa shape index (κ2) is 5.13. The highest BCUT2D eigenvalue weighted by molar-refractivity contribution is 5.69. The Morgan fingerprint density at radius 2 is 2.11 bits per heavy atom. The zero-order valence-electron chi connectivity index (χ0n) is 10.9. The van der Waals surface area contributed by atoms with Crippen LogP contribution < -0.4 is 0 Å². The van der Waals surface area contributed by atoms with Crippen LogP contribution >= 0.6 is 0 Å². The van der Waals surface area contributed by atoms with Gasteiger partial charge >= 0.3 is 5.97 Å². The molecule has 0 aromatic carbocycles. The molecule has 0 aromatic heterocycles. The molecule has 104 valence electrons. The standard InChI is InChI=1S/C12H20O6/c1-4-15-8(13)6-5-7-9(14)10-11(16-7)18-12(2,3)17-10/h7,9-11,14H,4-6H2,1-3H3/t7-,9-,10-,11-/m1/s1. The minimum absolute atomic E-state index is 0.221. The van der Waals surface area contributed by atoms with Crippen molar-refractivity contribution in [2.24, 2.45) is 0 Å². The molecule has 0 aliphatic carbocycles. The fourth-order valence-electron chi connectivity index (χ4n) is 2.29. The van der Waals surface area contributed by atoms with Crippen LogP contribution in [0.25, 0.3) is 0 Å². The first-order chi connectivity index (χ1) is 8.43. The van der Waals surface area contributed by atoms with E-state index in [4.69, 9.17) is 18.9 Å². The van der Waals surface area contributed by atoms with Crippen LogP contribution in [0.3, 0.4) is 0 Å². The van der Waals surface area contributed by atoms with Gasteiger partial charge in [-0.25, -0.2) is 0 Å². The maximum Gasteiger partial charge on any atom is 0.305 e. The summed E-state index contributed by atoms with van der Waals surface area (Å²) in [7, 11) is 0. The lowest BCUT2D eigenvalue weighted by atomic mass is 10.1. The molecular weight excluding hydrogens is 240 g/mol. The molecule has 2 rings (SSSR count). The summed E-state index contributed by atoms with van der Waals surface area (Å²) in [6.45, 7) is 5.66. The van der Waals surface area contributed by atoms with Gasteiger partial charge < -0.3 is 24.1 Å². The highest BCUT2D eigenvalue weighted by atomic mass is 16.8. The van der Waals surface area contributed by atoms with E-state index in [-0.39, 0.29) is 12.4 Å². The van der Waals surface area contributed by atoms with E-state index in [1.54, 1.807) is 20.8 Å². The summed E-state index contributed by atoms with van der Waals surface area (Å²) in [4.78, 5) is 11.2. The van der Waals surface area contributed by atoms with E-state index < -0.39 is 30.4 Å². The van der Waals surface area contributed by atoms with E-state index in [0.717, 1.165) is 0 Å². The number of fused-ring (bicyclic) bond motifs is 1. The van der Waals surface area contributed by atoms with Crippen LogP contribution in [0, 0.1) is 0 Å². The van der Waals surface area contributed by atoms with E-state index in [2.05, 4.69) is 0 Å². The minimum Gasteiger partial charge on any atom is -0.466 e. The van der Waals surface area contributed by atoms with Gasteiger partial charge in [0.1, 0.15) is 12.2 Å². The first-order valence-corrected chi connectivity index (χ1v) is 6.28. The Bertz CT molecular complexity index is 316. The largest absolute Gasteiger partial charge is 0.466 e. The molecule has 0 aromatic rings. The molecule has 2 aliphatic heterocycles. The number of esters is 1. The summed E-state index contributed by atoms with van der Waals surface area (Å²) in [5, 5.41) is 10.1. The van der Waals surface area contributed by atoms with E-state index in [1.807, 2.05) is 0 Å². The Kier molecular flexibility index (Phi) is 3.91. The first kappa shape index (κ1) is 13.7. The number of rotatable bonds is 4. The van der Waals surface area contributed by atoms with Gasteiger partial charge in [0.2, 0.25) is 0 Å². The molecule has 0 unspecified atom stereocenters. The first-order valence-electron chi connectivity index (χ1n) is 6.28. The molecule has 0 radical (unpaired) electrons. The van der Waals surface area contributed by atoms with Crippen LogP contribution in [0.15, 0.2) is 0 Å². The highest BCUT2D eigenvalue weighted by Gasteiger charge is 2.53. The second-order valence-electron chi connectivity index (χ2n) is 4.98. The molecule has 6 nitrogen and oxygen atoms in total. The van der Waals surface area contributed by atoms with Gasteiger partial charge in [-0.2, -0.15) is 0 Å². The lowest BCUT2D eigenvalue weighted by Gasteiger charge is -2.22. The number of aliphatic hydroxyl groups excluding tert-OH is 1. The van der Waals surface area contributed by atoms with Crippen molar-refractivity contribution in [3.8, 4) is 0 Å². The van der Waals surface area contributed by atoms with Crippen LogP contribution in [0.5, 0.6) is 0 Å². The van der Waals surface area contributed by atoms with Gasteiger partial charge in [-0.3, -0.25) is 4.79 Å². The van der Waals surface area contributed by atoms with Crippen LogP contribution in [0.4, 0.5) is 0 Å². The van der Waals surface area contributed by atoms with Gasteiger partial charge in [-0.1, -0.05) is 0 Å². The average Bonchev–Trinajstić information content (AvgIpc) is 2.71. The molecule has 2 heterocycles. The normalized spacial score (nSPS) is 37.6. The van der Waals surface area contributed by atoms with Crippen molar-refractivity contribution in [3.63, 3.8) is 0 Å². The third-order valence-electron chi connectivity index (χ3n) is 3.05. The van der Waals surface area contributed by atoms with Crippen molar-refractivity contribution in [2.75, 3.05) is 6.61 Å². The average molecular weight is 260 g/mol. The summed E-state index contributed by atoms with van der Waals surface area (Å²) in [6.07, 6.45) is -1.63. The third kappa shape index (κ3) is 2.83. The van der Waals surface area contributed by atoms with Crippen molar-refractivity contribution in [1.29, 1.82) is 0 Å². The molecule has 2 aliphatic rings. The summed E-state index contributed by atoms with van der Waals surface area (Å²) in [5.41, 5.74) is 0. The third-order valence-corrected chi connectivity index (χ3v) is 3.05. The maximum atomic E-state index is 11.2. The van der Waals surface area contributed by atoms with Gasteiger partial charge in [0.25, 0.3) is 0 Å². The fourth-order valence-corrected chi connectivity index (χ4v) is 2.29. The van der Waals surface area contributed by atoms with E-state index in [1.165, 1.54) is 0 Å². The SMILES string of the molecule is CCOC(=O)CC[C@H]1O[C@@H]2OC(C)(C)O[C@@H]2[C@@H]1O. The monoisotopic (exact) mass is 260 g/mol. The number of hydrogen-bond acceptors (Lipinski definition) is 6. The van der Waals surface area contributed by atoms with E-state index in [0.29, 0.717) is 13.0 Å². The number of carbonyl (C=O) groups excluding carboxylic acids is 1. The number of ether oxygens (including phenoxy) is 4. The van der Waals surface area contributed by atoms with E-state index >= 15 is 0 Å². The molecule has 0 bridgehead atoms. The van der Waals surface area contributed by atoms with Crippen LogP contribution in [-0.4, -0.2) is 48.1 Å². The topological polar surface area (TPSA) is 74.2 Å². The Hall–Kier alpha value is -0.690. The van der Waals surface area contributed by atoms with Crippen LogP contribution in [0.2, 0.25) is 0 Å². The molecule has 4 atom stereocenters. The quantitative estimate of drug-likeness (QED) is 0.745. The molecule has 18 heavy (non-hydrogen) atoms. The predicted octanol–water partition coefficient (Wildman–Crippen LogP) is 0.567. The van der Waals surface area contributed by atoms with Crippen molar-refractivity contribution >= 4 is 5.97 Å². The Labute approximate surface area is 106 Å². The fraction of sp³-hybridized carbons (Fsp3) is 0.917.